The molecular weight excluding hydrogens is 282 g/mol. The van der Waals surface area contributed by atoms with Crippen LogP contribution in [0.4, 0.5) is 8.78 Å². The Kier molecular flexibility index (Phi) is 4.02. The Morgan fingerprint density at radius 1 is 1.14 bits per heavy atom. The molecule has 1 aromatic heterocycles. The van der Waals surface area contributed by atoms with Crippen molar-refractivity contribution in [2.75, 3.05) is 0 Å². The van der Waals surface area contributed by atoms with Crippen LogP contribution in [0.5, 0.6) is 0 Å². The zero-order valence-corrected chi connectivity index (χ0v) is 13.4. The number of fused-ring (bicyclic) bond motifs is 1. The van der Waals surface area contributed by atoms with Crippen molar-refractivity contribution in [1.29, 1.82) is 0 Å². The summed E-state index contributed by atoms with van der Waals surface area (Å²) in [6, 6.07) is 3.71. The van der Waals surface area contributed by atoms with Crippen LogP contribution >= 0.6 is 0 Å². The highest BCUT2D eigenvalue weighted by Crippen LogP contribution is 2.41. The number of nitrogens with zero attached hydrogens (tertiary/aromatic N) is 2. The van der Waals surface area contributed by atoms with E-state index in [1.165, 1.54) is 17.7 Å². The lowest BCUT2D eigenvalue weighted by Crippen LogP contribution is -2.17. The quantitative estimate of drug-likeness (QED) is 0.794. The molecule has 1 aliphatic carbocycles. The number of aromatic nitrogens is 2. The number of hydrogen-bond donors (Lipinski definition) is 0. The van der Waals surface area contributed by atoms with Crippen molar-refractivity contribution < 1.29 is 8.78 Å². The van der Waals surface area contributed by atoms with Crippen molar-refractivity contribution in [3.63, 3.8) is 0 Å². The average Bonchev–Trinajstić information content (AvgIpc) is 2.80. The summed E-state index contributed by atoms with van der Waals surface area (Å²) in [4.78, 5) is 0. The molecule has 0 bridgehead atoms. The van der Waals surface area contributed by atoms with Crippen molar-refractivity contribution >= 4 is 0 Å². The minimum Gasteiger partial charge on any atom is -0.267 e. The standard InChI is InChI=1S/C18H22F2N2/c1-4-11-6-12(5-2)17-16(7-11)18(22(3)21-17)13-8-14(19)10-15(20)9-13/h8-12H,4-7H2,1-3H3. The predicted octanol–water partition coefficient (Wildman–Crippen LogP) is 4.83. The summed E-state index contributed by atoms with van der Waals surface area (Å²) in [6.07, 6.45) is 4.29. The van der Waals surface area contributed by atoms with Crippen molar-refractivity contribution in [3.05, 3.63) is 41.1 Å². The van der Waals surface area contributed by atoms with Crippen LogP contribution in [0.3, 0.4) is 0 Å². The molecule has 1 aliphatic rings. The molecule has 0 saturated heterocycles. The lowest BCUT2D eigenvalue weighted by Gasteiger charge is -2.27. The molecule has 3 rings (SSSR count). The van der Waals surface area contributed by atoms with Gasteiger partial charge in [0.05, 0.1) is 11.4 Å². The monoisotopic (exact) mass is 304 g/mol. The second-order valence-corrected chi connectivity index (χ2v) is 6.31. The molecule has 0 amide bonds. The Morgan fingerprint density at radius 2 is 1.82 bits per heavy atom. The fourth-order valence-electron chi connectivity index (χ4n) is 3.73. The van der Waals surface area contributed by atoms with Crippen LogP contribution in [-0.4, -0.2) is 9.78 Å². The molecule has 1 aromatic carbocycles. The largest absolute Gasteiger partial charge is 0.267 e. The van der Waals surface area contributed by atoms with Gasteiger partial charge in [0, 0.05) is 30.2 Å². The van der Waals surface area contributed by atoms with Crippen LogP contribution in [0.25, 0.3) is 11.3 Å². The third-order valence-corrected chi connectivity index (χ3v) is 4.88. The van der Waals surface area contributed by atoms with E-state index in [4.69, 9.17) is 0 Å². The van der Waals surface area contributed by atoms with Gasteiger partial charge in [-0.25, -0.2) is 8.78 Å². The topological polar surface area (TPSA) is 17.8 Å². The molecule has 22 heavy (non-hydrogen) atoms. The third-order valence-electron chi connectivity index (χ3n) is 4.88. The first-order chi connectivity index (χ1) is 10.5. The summed E-state index contributed by atoms with van der Waals surface area (Å²) in [5.74, 6) is -0.00875. The first-order valence-corrected chi connectivity index (χ1v) is 8.05. The molecule has 2 nitrogen and oxygen atoms in total. The van der Waals surface area contributed by atoms with E-state index in [0.29, 0.717) is 17.4 Å². The van der Waals surface area contributed by atoms with Gasteiger partial charge in [-0.2, -0.15) is 5.10 Å². The van der Waals surface area contributed by atoms with Crippen LogP contribution < -0.4 is 0 Å². The Morgan fingerprint density at radius 3 is 2.41 bits per heavy atom. The minimum absolute atomic E-state index is 0.451. The number of rotatable bonds is 3. The molecule has 0 aliphatic heterocycles. The van der Waals surface area contributed by atoms with Gasteiger partial charge in [0.2, 0.25) is 0 Å². The molecule has 0 N–H and O–H groups in total. The maximum atomic E-state index is 13.6. The summed E-state index contributed by atoms with van der Waals surface area (Å²) in [5.41, 5.74) is 3.75. The van der Waals surface area contributed by atoms with Gasteiger partial charge in [0.25, 0.3) is 0 Å². The molecule has 4 heteroatoms. The Bertz CT molecular complexity index is 670. The molecular formula is C18H22F2N2. The van der Waals surface area contributed by atoms with E-state index in [1.807, 2.05) is 7.05 Å². The Hall–Kier alpha value is -1.71. The number of aryl methyl sites for hydroxylation is 1. The number of halogens is 2. The summed E-state index contributed by atoms with van der Waals surface area (Å²) in [5, 5.41) is 4.68. The van der Waals surface area contributed by atoms with Crippen LogP contribution in [0.15, 0.2) is 18.2 Å². The lowest BCUT2D eigenvalue weighted by molar-refractivity contribution is 0.381. The van der Waals surface area contributed by atoms with Gasteiger partial charge in [0.1, 0.15) is 11.6 Å². The lowest BCUT2D eigenvalue weighted by atomic mass is 9.77. The summed E-state index contributed by atoms with van der Waals surface area (Å²) >= 11 is 0. The highest BCUT2D eigenvalue weighted by atomic mass is 19.1. The predicted molar refractivity (Wildman–Crippen MR) is 83.7 cm³/mol. The second-order valence-electron chi connectivity index (χ2n) is 6.31. The molecule has 0 saturated carbocycles. The van der Waals surface area contributed by atoms with E-state index in [0.717, 1.165) is 43.1 Å². The van der Waals surface area contributed by atoms with E-state index in [9.17, 15) is 8.78 Å². The van der Waals surface area contributed by atoms with Gasteiger partial charge in [-0.05, 0) is 37.3 Å². The minimum atomic E-state index is -0.542. The Balaban J connectivity index is 2.15. The van der Waals surface area contributed by atoms with E-state index in [1.54, 1.807) is 4.68 Å². The second kappa shape index (κ2) is 5.82. The molecule has 2 aromatic rings. The molecule has 2 unspecified atom stereocenters. The Labute approximate surface area is 130 Å². The maximum Gasteiger partial charge on any atom is 0.126 e. The molecule has 118 valence electrons. The normalized spacial score (nSPS) is 21.0. The highest BCUT2D eigenvalue weighted by Gasteiger charge is 2.31. The van der Waals surface area contributed by atoms with Crippen molar-refractivity contribution in [1.82, 2.24) is 9.78 Å². The first kappa shape index (κ1) is 15.2. The molecule has 0 spiro atoms. The zero-order valence-electron chi connectivity index (χ0n) is 13.4. The van der Waals surface area contributed by atoms with Gasteiger partial charge in [-0.15, -0.1) is 0 Å². The average molecular weight is 304 g/mol. The van der Waals surface area contributed by atoms with Crippen LogP contribution in [0, 0.1) is 17.6 Å². The highest BCUT2D eigenvalue weighted by molar-refractivity contribution is 5.65. The van der Waals surface area contributed by atoms with Crippen LogP contribution in [0.1, 0.15) is 50.3 Å². The van der Waals surface area contributed by atoms with Gasteiger partial charge < -0.3 is 0 Å². The van der Waals surface area contributed by atoms with Crippen molar-refractivity contribution in [2.24, 2.45) is 13.0 Å². The van der Waals surface area contributed by atoms with Gasteiger partial charge in [0.15, 0.2) is 0 Å². The molecule has 0 radical (unpaired) electrons. The fraction of sp³-hybridized carbons (Fsp3) is 0.500. The van der Waals surface area contributed by atoms with E-state index in [-0.39, 0.29) is 0 Å². The molecule has 2 atom stereocenters. The van der Waals surface area contributed by atoms with Crippen molar-refractivity contribution in [3.8, 4) is 11.3 Å². The van der Waals surface area contributed by atoms with E-state index < -0.39 is 11.6 Å². The zero-order chi connectivity index (χ0) is 15.9. The smallest absolute Gasteiger partial charge is 0.126 e. The van der Waals surface area contributed by atoms with E-state index in [2.05, 4.69) is 18.9 Å². The summed E-state index contributed by atoms with van der Waals surface area (Å²) in [6.45, 7) is 4.39. The summed E-state index contributed by atoms with van der Waals surface area (Å²) in [7, 11) is 1.87. The van der Waals surface area contributed by atoms with Crippen molar-refractivity contribution in [2.45, 2.75) is 45.4 Å². The SMILES string of the molecule is CCC1Cc2c(nn(C)c2-c2cc(F)cc(F)c2)C(CC)C1. The van der Waals surface area contributed by atoms with E-state index >= 15 is 0 Å². The van der Waals surface area contributed by atoms with Gasteiger partial charge in [-0.3, -0.25) is 4.68 Å². The number of hydrogen-bond acceptors (Lipinski definition) is 1. The van der Waals surface area contributed by atoms with Crippen LogP contribution in [0.2, 0.25) is 0 Å². The summed E-state index contributed by atoms with van der Waals surface area (Å²) < 4.78 is 29.0. The maximum absolute atomic E-state index is 13.6. The van der Waals surface area contributed by atoms with Gasteiger partial charge in [-0.1, -0.05) is 20.3 Å². The van der Waals surface area contributed by atoms with Crippen LogP contribution in [-0.2, 0) is 13.5 Å². The molecule has 0 fully saturated rings. The fourth-order valence-corrected chi connectivity index (χ4v) is 3.73. The number of benzene rings is 1. The van der Waals surface area contributed by atoms with Gasteiger partial charge >= 0.3 is 0 Å². The molecule has 1 heterocycles. The third kappa shape index (κ3) is 2.55. The first-order valence-electron chi connectivity index (χ1n) is 8.05.